The average Bonchev–Trinajstić information content (AvgIpc) is 2.65. The highest BCUT2D eigenvalue weighted by Gasteiger charge is 2.31. The van der Waals surface area contributed by atoms with Crippen molar-refractivity contribution in [3.63, 3.8) is 0 Å². The molecular weight excluding hydrogens is 324 g/mol. The summed E-state index contributed by atoms with van der Waals surface area (Å²) in [4.78, 5) is 16.7. The van der Waals surface area contributed by atoms with Gasteiger partial charge in [-0.15, -0.1) is 0 Å². The van der Waals surface area contributed by atoms with Gasteiger partial charge in [0.05, 0.1) is 6.61 Å². The first-order valence-corrected chi connectivity index (χ1v) is 9.37. The fourth-order valence-electron chi connectivity index (χ4n) is 3.58. The summed E-state index contributed by atoms with van der Waals surface area (Å²) in [6, 6.07) is 16.4. The van der Waals surface area contributed by atoms with E-state index in [0.29, 0.717) is 19.6 Å². The van der Waals surface area contributed by atoms with Gasteiger partial charge in [-0.3, -0.25) is 4.79 Å². The maximum absolute atomic E-state index is 12.6. The van der Waals surface area contributed by atoms with E-state index >= 15 is 0 Å². The van der Waals surface area contributed by atoms with E-state index in [4.69, 9.17) is 4.74 Å². The molecule has 0 N–H and O–H groups in total. The lowest BCUT2D eigenvalue weighted by Crippen LogP contribution is -2.36. The van der Waals surface area contributed by atoms with Crippen LogP contribution >= 0.6 is 0 Å². The fourth-order valence-corrected chi connectivity index (χ4v) is 3.58. The van der Waals surface area contributed by atoms with Crippen LogP contribution in [0.5, 0.6) is 5.75 Å². The molecule has 138 valence electrons. The van der Waals surface area contributed by atoms with Crippen molar-refractivity contribution in [1.29, 1.82) is 0 Å². The zero-order valence-corrected chi connectivity index (χ0v) is 15.9. The largest absolute Gasteiger partial charge is 0.494 e. The second-order valence-electron chi connectivity index (χ2n) is 7.03. The molecule has 0 saturated heterocycles. The first kappa shape index (κ1) is 18.5. The summed E-state index contributed by atoms with van der Waals surface area (Å²) in [7, 11) is 4.14. The van der Waals surface area contributed by atoms with E-state index in [9.17, 15) is 4.79 Å². The van der Waals surface area contributed by atoms with E-state index in [0.717, 1.165) is 24.4 Å². The predicted molar refractivity (Wildman–Crippen MR) is 106 cm³/mol. The van der Waals surface area contributed by atoms with Crippen molar-refractivity contribution in [3.05, 3.63) is 59.7 Å². The fraction of sp³-hybridized carbons (Fsp3) is 0.409. The van der Waals surface area contributed by atoms with Gasteiger partial charge in [-0.25, -0.2) is 0 Å². The van der Waals surface area contributed by atoms with Crippen LogP contribution in [-0.2, 0) is 4.79 Å². The molecule has 1 atom stereocenters. The first-order valence-electron chi connectivity index (χ1n) is 9.37. The number of carbonyl (C=O) groups is 1. The summed E-state index contributed by atoms with van der Waals surface area (Å²) in [5.41, 5.74) is 3.38. The first-order chi connectivity index (χ1) is 12.6. The van der Waals surface area contributed by atoms with Crippen LogP contribution in [0, 0.1) is 0 Å². The molecule has 3 rings (SSSR count). The summed E-state index contributed by atoms with van der Waals surface area (Å²) in [5.74, 6) is 1.16. The van der Waals surface area contributed by atoms with Crippen molar-refractivity contribution in [2.75, 3.05) is 38.7 Å². The molecular formula is C22H28N2O2. The monoisotopic (exact) mass is 352 g/mol. The average molecular weight is 352 g/mol. The highest BCUT2D eigenvalue weighted by molar-refractivity contribution is 5.97. The second kappa shape index (κ2) is 8.37. The second-order valence-corrected chi connectivity index (χ2v) is 7.03. The van der Waals surface area contributed by atoms with E-state index in [2.05, 4.69) is 37.2 Å². The van der Waals surface area contributed by atoms with Gasteiger partial charge in [0.15, 0.2) is 0 Å². The maximum Gasteiger partial charge on any atom is 0.227 e. The van der Waals surface area contributed by atoms with Crippen molar-refractivity contribution < 1.29 is 9.53 Å². The van der Waals surface area contributed by atoms with Gasteiger partial charge in [-0.1, -0.05) is 30.3 Å². The summed E-state index contributed by atoms with van der Waals surface area (Å²) in [5, 5.41) is 0. The van der Waals surface area contributed by atoms with Crippen molar-refractivity contribution in [2.24, 2.45) is 0 Å². The number of fused-ring (bicyclic) bond motifs is 1. The third-order valence-electron chi connectivity index (χ3n) is 4.88. The van der Waals surface area contributed by atoms with Crippen molar-refractivity contribution in [3.8, 4) is 5.75 Å². The van der Waals surface area contributed by atoms with Gasteiger partial charge in [-0.05, 0) is 56.8 Å². The number of carbonyl (C=O) groups excluding carboxylic acids is 1. The van der Waals surface area contributed by atoms with Crippen LogP contribution in [-0.4, -0.2) is 44.6 Å². The number of ether oxygens (including phenoxy) is 1. The van der Waals surface area contributed by atoms with E-state index in [1.165, 1.54) is 11.1 Å². The van der Waals surface area contributed by atoms with Gasteiger partial charge in [0, 0.05) is 31.1 Å². The van der Waals surface area contributed by atoms with Crippen LogP contribution in [0.2, 0.25) is 0 Å². The Kier molecular flexibility index (Phi) is 5.94. The Bertz CT molecular complexity index is 743. The third kappa shape index (κ3) is 4.07. The minimum absolute atomic E-state index is 0.0897. The van der Waals surface area contributed by atoms with E-state index in [-0.39, 0.29) is 11.8 Å². The van der Waals surface area contributed by atoms with E-state index < -0.39 is 0 Å². The molecule has 0 radical (unpaired) electrons. The van der Waals surface area contributed by atoms with E-state index in [1.54, 1.807) is 0 Å². The number of hydrogen-bond acceptors (Lipinski definition) is 3. The normalized spacial score (nSPS) is 16.7. The van der Waals surface area contributed by atoms with Gasteiger partial charge < -0.3 is 14.5 Å². The van der Waals surface area contributed by atoms with Gasteiger partial charge >= 0.3 is 0 Å². The van der Waals surface area contributed by atoms with Crippen LogP contribution in [0.4, 0.5) is 5.69 Å². The van der Waals surface area contributed by atoms with E-state index in [1.807, 2.05) is 42.2 Å². The van der Waals surface area contributed by atoms with Gasteiger partial charge in [-0.2, -0.15) is 0 Å². The molecule has 0 spiro atoms. The molecule has 2 aromatic rings. The molecule has 0 saturated carbocycles. The maximum atomic E-state index is 12.6. The molecule has 0 aliphatic carbocycles. The lowest BCUT2D eigenvalue weighted by atomic mass is 9.84. The molecule has 1 aliphatic heterocycles. The molecule has 1 aliphatic rings. The topological polar surface area (TPSA) is 32.8 Å². The molecule has 0 fully saturated rings. The molecule has 1 heterocycles. The molecule has 0 bridgehead atoms. The number of anilines is 1. The summed E-state index contributed by atoms with van der Waals surface area (Å²) < 4.78 is 5.97. The standard InChI is InChI=1S/C22H28N2O2/c1-4-24-21-12-11-18(26-14-8-13-23(2)3)15-20(21)19(16-22(24)25)17-9-6-5-7-10-17/h5-7,9-12,15,19H,4,8,13-14,16H2,1-3H3. The minimum Gasteiger partial charge on any atom is -0.494 e. The van der Waals surface area contributed by atoms with Crippen molar-refractivity contribution >= 4 is 11.6 Å². The molecule has 2 aromatic carbocycles. The Morgan fingerprint density at radius 2 is 1.92 bits per heavy atom. The van der Waals surface area contributed by atoms with Crippen LogP contribution in [0.25, 0.3) is 0 Å². The van der Waals surface area contributed by atoms with Crippen LogP contribution in [0.3, 0.4) is 0 Å². The lowest BCUT2D eigenvalue weighted by molar-refractivity contribution is -0.119. The number of nitrogens with zero attached hydrogens (tertiary/aromatic N) is 2. The zero-order chi connectivity index (χ0) is 18.5. The third-order valence-corrected chi connectivity index (χ3v) is 4.88. The Labute approximate surface area is 156 Å². The molecule has 1 unspecified atom stereocenters. The van der Waals surface area contributed by atoms with Crippen molar-refractivity contribution in [2.45, 2.75) is 25.7 Å². The van der Waals surface area contributed by atoms with Crippen LogP contribution < -0.4 is 9.64 Å². The Hall–Kier alpha value is -2.33. The summed E-state index contributed by atoms with van der Waals surface area (Å²) >= 11 is 0. The Morgan fingerprint density at radius 1 is 1.15 bits per heavy atom. The predicted octanol–water partition coefficient (Wildman–Crippen LogP) is 3.91. The smallest absolute Gasteiger partial charge is 0.227 e. The molecule has 4 nitrogen and oxygen atoms in total. The SMILES string of the molecule is CCN1C(=O)CC(c2ccccc2)c2cc(OCCCN(C)C)ccc21. The number of benzene rings is 2. The van der Waals surface area contributed by atoms with Gasteiger partial charge in [0.25, 0.3) is 0 Å². The quantitative estimate of drug-likeness (QED) is 0.709. The molecule has 0 aromatic heterocycles. The summed E-state index contributed by atoms with van der Waals surface area (Å²) in [6.45, 7) is 4.42. The lowest BCUT2D eigenvalue weighted by Gasteiger charge is -2.34. The molecule has 1 amide bonds. The highest BCUT2D eigenvalue weighted by atomic mass is 16.5. The minimum atomic E-state index is 0.0897. The van der Waals surface area contributed by atoms with Gasteiger partial charge in [0.1, 0.15) is 5.75 Å². The van der Waals surface area contributed by atoms with Crippen LogP contribution in [0.1, 0.15) is 36.8 Å². The highest BCUT2D eigenvalue weighted by Crippen LogP contribution is 2.41. The number of amides is 1. The molecule has 4 heteroatoms. The van der Waals surface area contributed by atoms with Gasteiger partial charge in [0.2, 0.25) is 5.91 Å². The zero-order valence-electron chi connectivity index (χ0n) is 15.9. The number of rotatable bonds is 7. The number of hydrogen-bond donors (Lipinski definition) is 0. The summed E-state index contributed by atoms with van der Waals surface area (Å²) in [6.07, 6.45) is 1.50. The van der Waals surface area contributed by atoms with Crippen molar-refractivity contribution in [1.82, 2.24) is 4.90 Å². The van der Waals surface area contributed by atoms with Crippen LogP contribution in [0.15, 0.2) is 48.5 Å². The molecule has 26 heavy (non-hydrogen) atoms. The Balaban J connectivity index is 1.87. The Morgan fingerprint density at radius 3 is 2.62 bits per heavy atom.